The fraction of sp³-hybridized carbons (Fsp3) is 0.125. The summed E-state index contributed by atoms with van der Waals surface area (Å²) < 4.78 is 51.6. The topological polar surface area (TPSA) is 46.9 Å². The first kappa shape index (κ1) is 17.2. The van der Waals surface area contributed by atoms with Gasteiger partial charge in [0.2, 0.25) is 0 Å². The van der Waals surface area contributed by atoms with Gasteiger partial charge in [-0.3, -0.25) is 4.79 Å². The summed E-state index contributed by atoms with van der Waals surface area (Å²) in [5.74, 6) is -0.386. The van der Waals surface area contributed by atoms with Crippen molar-refractivity contribution >= 4 is 22.9 Å². The van der Waals surface area contributed by atoms with Gasteiger partial charge in [0.15, 0.2) is 6.80 Å². The molecule has 0 aliphatic carbocycles. The first-order valence-electron chi connectivity index (χ1n) is 7.06. The molecular weight excluding hydrogens is 358 g/mol. The first-order valence-corrected chi connectivity index (χ1v) is 7.88. The maximum absolute atomic E-state index is 12.9. The Balaban J connectivity index is 1.84. The molecule has 0 radical (unpaired) electrons. The zero-order valence-corrected chi connectivity index (χ0v) is 13.4. The van der Waals surface area contributed by atoms with E-state index in [0.29, 0.717) is 15.4 Å². The van der Waals surface area contributed by atoms with Crippen LogP contribution in [0.2, 0.25) is 0 Å². The molecule has 0 unspecified atom stereocenters. The molecule has 0 saturated heterocycles. The molecule has 0 atom stereocenters. The van der Waals surface area contributed by atoms with E-state index in [1.165, 1.54) is 12.1 Å². The van der Waals surface area contributed by atoms with E-state index >= 15 is 0 Å². The van der Waals surface area contributed by atoms with Crippen molar-refractivity contribution in [2.24, 2.45) is 0 Å². The van der Waals surface area contributed by atoms with Crippen molar-refractivity contribution in [2.75, 3.05) is 5.32 Å². The number of thiophene rings is 1. The molecule has 0 spiro atoms. The highest BCUT2D eigenvalue weighted by atomic mass is 32.1. The fourth-order valence-corrected chi connectivity index (χ4v) is 3.03. The second-order valence-corrected chi connectivity index (χ2v) is 6.10. The van der Waals surface area contributed by atoms with E-state index < -0.39 is 18.7 Å². The van der Waals surface area contributed by atoms with Crippen LogP contribution in [0.4, 0.5) is 23.2 Å². The zero-order chi connectivity index (χ0) is 18.0. The van der Waals surface area contributed by atoms with Crippen LogP contribution in [0.1, 0.15) is 15.4 Å². The number of anilines is 1. The lowest BCUT2D eigenvalue weighted by Crippen LogP contribution is -2.13. The van der Waals surface area contributed by atoms with Crippen molar-refractivity contribution in [3.8, 4) is 10.6 Å². The van der Waals surface area contributed by atoms with Gasteiger partial charge in [-0.2, -0.15) is 18.3 Å². The smallest absolute Gasteiger partial charge is 0.321 e. The molecule has 3 rings (SSSR count). The molecule has 2 aromatic heterocycles. The van der Waals surface area contributed by atoms with Crippen LogP contribution < -0.4 is 5.32 Å². The second-order valence-electron chi connectivity index (χ2n) is 5.02. The monoisotopic (exact) mass is 369 g/mol. The molecule has 1 aromatic carbocycles. The van der Waals surface area contributed by atoms with Crippen molar-refractivity contribution in [3.63, 3.8) is 0 Å². The summed E-state index contributed by atoms with van der Waals surface area (Å²) in [6.45, 7) is -1.39. The Kier molecular flexibility index (Phi) is 4.58. The second kappa shape index (κ2) is 6.67. The van der Waals surface area contributed by atoms with E-state index in [-0.39, 0.29) is 16.3 Å². The molecule has 0 fully saturated rings. The normalized spacial score (nSPS) is 11.5. The van der Waals surface area contributed by atoms with Crippen LogP contribution in [0, 0.1) is 0 Å². The Bertz CT molecular complexity index is 886. The minimum Gasteiger partial charge on any atom is -0.321 e. The molecule has 0 bridgehead atoms. The summed E-state index contributed by atoms with van der Waals surface area (Å²) in [5, 5.41) is 6.30. The molecule has 0 aliphatic heterocycles. The number of hydrogen-bond donors (Lipinski definition) is 1. The maximum atomic E-state index is 12.9. The van der Waals surface area contributed by atoms with Crippen LogP contribution in [-0.4, -0.2) is 15.7 Å². The van der Waals surface area contributed by atoms with Crippen molar-refractivity contribution in [2.45, 2.75) is 13.0 Å². The largest absolute Gasteiger partial charge is 0.433 e. The third-order valence-electron chi connectivity index (χ3n) is 3.30. The Morgan fingerprint density at radius 1 is 1.16 bits per heavy atom. The number of hydrogen-bond acceptors (Lipinski definition) is 3. The lowest BCUT2D eigenvalue weighted by molar-refractivity contribution is -0.145. The molecule has 1 N–H and O–H groups in total. The Morgan fingerprint density at radius 2 is 1.88 bits per heavy atom. The third kappa shape index (κ3) is 3.71. The molecule has 1 amide bonds. The summed E-state index contributed by atoms with van der Waals surface area (Å²) in [4.78, 5) is 12.8. The number of nitrogens with zero attached hydrogens (tertiary/aromatic N) is 2. The van der Waals surface area contributed by atoms with E-state index in [0.717, 1.165) is 17.4 Å². The molecule has 0 aliphatic rings. The molecular formula is C16H11F4N3OS. The van der Waals surface area contributed by atoms with Crippen LogP contribution >= 0.6 is 11.3 Å². The molecule has 4 nitrogen and oxygen atoms in total. The maximum Gasteiger partial charge on any atom is 0.433 e. The first-order chi connectivity index (χ1) is 11.9. The average Bonchev–Trinajstić information content (AvgIpc) is 3.22. The molecule has 25 heavy (non-hydrogen) atoms. The number of halogens is 4. The number of benzene rings is 1. The van der Waals surface area contributed by atoms with Crippen LogP contribution in [-0.2, 0) is 13.0 Å². The van der Waals surface area contributed by atoms with Gasteiger partial charge in [0.05, 0.1) is 9.75 Å². The van der Waals surface area contributed by atoms with Gasteiger partial charge in [-0.15, -0.1) is 11.3 Å². The van der Waals surface area contributed by atoms with Gasteiger partial charge < -0.3 is 5.32 Å². The summed E-state index contributed by atoms with van der Waals surface area (Å²) >= 11 is 0.979. The van der Waals surface area contributed by atoms with Gasteiger partial charge in [-0.1, -0.05) is 18.2 Å². The highest BCUT2D eigenvalue weighted by Crippen LogP contribution is 2.34. The SMILES string of the molecule is O=C(Nc1ccccc1)c1ccc(-c2cc(C(F)(F)F)n(CF)n2)s1. The molecule has 9 heteroatoms. The van der Waals surface area contributed by atoms with Gasteiger partial charge >= 0.3 is 6.18 Å². The van der Waals surface area contributed by atoms with Crippen LogP contribution in [0.15, 0.2) is 48.5 Å². The van der Waals surface area contributed by atoms with Gasteiger partial charge in [-0.25, -0.2) is 9.07 Å². The Hall–Kier alpha value is -2.68. The van der Waals surface area contributed by atoms with Crippen LogP contribution in [0.5, 0.6) is 0 Å². The van der Waals surface area contributed by atoms with E-state index in [1.807, 2.05) is 0 Å². The van der Waals surface area contributed by atoms with Crippen molar-refractivity contribution < 1.29 is 22.4 Å². The number of para-hydroxylation sites is 1. The summed E-state index contributed by atoms with van der Waals surface area (Å²) in [7, 11) is 0. The zero-order valence-electron chi connectivity index (χ0n) is 12.5. The number of amides is 1. The molecule has 2 heterocycles. The number of nitrogens with one attached hydrogen (secondary N) is 1. The number of carbonyl (C=O) groups is 1. The number of carbonyl (C=O) groups excluding carboxylic acids is 1. The van der Waals surface area contributed by atoms with Gasteiger partial charge in [0, 0.05) is 5.69 Å². The van der Waals surface area contributed by atoms with Gasteiger partial charge in [0.25, 0.3) is 5.91 Å². The minimum absolute atomic E-state index is 0.0336. The molecule has 3 aromatic rings. The van der Waals surface area contributed by atoms with E-state index in [4.69, 9.17) is 0 Å². The number of aromatic nitrogens is 2. The van der Waals surface area contributed by atoms with E-state index in [9.17, 15) is 22.4 Å². The Morgan fingerprint density at radius 3 is 2.48 bits per heavy atom. The predicted molar refractivity (Wildman–Crippen MR) is 86.0 cm³/mol. The predicted octanol–water partition coefficient (Wildman–Crippen LogP) is 4.81. The van der Waals surface area contributed by atoms with Crippen molar-refractivity contribution in [1.29, 1.82) is 0 Å². The average molecular weight is 369 g/mol. The lowest BCUT2D eigenvalue weighted by Gasteiger charge is -2.05. The van der Waals surface area contributed by atoms with Crippen molar-refractivity contribution in [3.05, 3.63) is 59.1 Å². The Labute approximate surface area is 143 Å². The van der Waals surface area contributed by atoms with Crippen molar-refractivity contribution in [1.82, 2.24) is 9.78 Å². The quantitative estimate of drug-likeness (QED) is 0.671. The van der Waals surface area contributed by atoms with E-state index in [1.54, 1.807) is 30.3 Å². The number of alkyl halides is 4. The minimum atomic E-state index is -4.71. The van der Waals surface area contributed by atoms with Crippen LogP contribution in [0.3, 0.4) is 0 Å². The fourth-order valence-electron chi connectivity index (χ4n) is 2.17. The molecule has 130 valence electrons. The highest BCUT2D eigenvalue weighted by molar-refractivity contribution is 7.17. The van der Waals surface area contributed by atoms with Crippen LogP contribution in [0.25, 0.3) is 10.6 Å². The van der Waals surface area contributed by atoms with Gasteiger partial charge in [0.1, 0.15) is 11.4 Å². The molecule has 0 saturated carbocycles. The van der Waals surface area contributed by atoms with Gasteiger partial charge in [-0.05, 0) is 30.3 Å². The number of rotatable bonds is 4. The summed E-state index contributed by atoms with van der Waals surface area (Å²) in [5.41, 5.74) is -0.606. The lowest BCUT2D eigenvalue weighted by atomic mass is 10.3. The summed E-state index contributed by atoms with van der Waals surface area (Å²) in [6.07, 6.45) is -4.71. The van der Waals surface area contributed by atoms with E-state index in [2.05, 4.69) is 10.4 Å². The standard InChI is InChI=1S/C16H11F4N3OS/c17-9-23-14(16(18,19)20)8-11(22-23)12-6-7-13(25-12)15(24)21-10-4-2-1-3-5-10/h1-8H,9H2,(H,21,24). The summed E-state index contributed by atoms with van der Waals surface area (Å²) in [6, 6.07) is 12.5. The third-order valence-corrected chi connectivity index (χ3v) is 4.40. The highest BCUT2D eigenvalue weighted by Gasteiger charge is 2.36.